The van der Waals surface area contributed by atoms with E-state index >= 15 is 8.78 Å². The Labute approximate surface area is 224 Å². The molecule has 9 heteroatoms. The number of anilines is 3. The molecule has 2 heterocycles. The van der Waals surface area contributed by atoms with E-state index in [1.54, 1.807) is 50.4 Å². The quantitative estimate of drug-likeness (QED) is 0.248. The Morgan fingerprint density at radius 2 is 1.79 bits per heavy atom. The van der Waals surface area contributed by atoms with Crippen molar-refractivity contribution in [3.63, 3.8) is 0 Å². The number of aromatic nitrogens is 1. The summed E-state index contributed by atoms with van der Waals surface area (Å²) in [5.74, 6) is -2.38. The summed E-state index contributed by atoms with van der Waals surface area (Å²) in [5.41, 5.74) is 2.49. The summed E-state index contributed by atoms with van der Waals surface area (Å²) in [7, 11) is 3.86. The number of carbonyl (C=O) groups is 1. The van der Waals surface area contributed by atoms with Gasteiger partial charge in [-0.3, -0.25) is 5.32 Å². The summed E-state index contributed by atoms with van der Waals surface area (Å²) in [6.07, 6.45) is 0.307. The van der Waals surface area contributed by atoms with Crippen molar-refractivity contribution in [1.29, 1.82) is 0 Å². The molecule has 0 spiro atoms. The largest absolute Gasteiger partial charge is 0.443 e. The Hall–Kier alpha value is -3.78. The molecular formula is C29H29ClF2N4O2. The number of fused-ring (bicyclic) bond motifs is 2. The molecule has 0 saturated heterocycles. The molecule has 0 fully saturated rings. The Morgan fingerprint density at radius 3 is 2.47 bits per heavy atom. The highest BCUT2D eigenvalue weighted by molar-refractivity contribution is 6.36. The summed E-state index contributed by atoms with van der Waals surface area (Å²) in [6, 6.07) is 14.3. The molecule has 0 aliphatic carbocycles. The average molecular weight is 539 g/mol. The smallest absolute Gasteiger partial charge is 0.411 e. The van der Waals surface area contributed by atoms with Crippen molar-refractivity contribution in [3.8, 4) is 11.1 Å². The molecule has 198 valence electrons. The molecular weight excluding hydrogens is 510 g/mol. The van der Waals surface area contributed by atoms with E-state index < -0.39 is 35.3 Å². The standard InChI is InChI=1S/C29H29ClF2N4O2/c1-15-20-13-21(18-7-6-8-19-22(30)14-33-25(18)19)23(31)24(32)26(20)35-29(2,3)27(15)38-28(37)34-16-9-11-17(12-10-16)36(4)5/h6-15,27,33,35H,1-5H3,(H,34,37)/t15-,27+/m0/s1. The Kier molecular flexibility index (Phi) is 6.47. The van der Waals surface area contributed by atoms with E-state index in [2.05, 4.69) is 15.6 Å². The fourth-order valence-corrected chi connectivity index (χ4v) is 5.42. The van der Waals surface area contributed by atoms with Gasteiger partial charge in [0.2, 0.25) is 0 Å². The van der Waals surface area contributed by atoms with E-state index in [0.717, 1.165) is 5.69 Å². The van der Waals surface area contributed by atoms with Crippen LogP contribution in [-0.2, 0) is 4.74 Å². The molecule has 38 heavy (non-hydrogen) atoms. The number of hydrogen-bond acceptors (Lipinski definition) is 4. The first-order valence-electron chi connectivity index (χ1n) is 12.3. The monoisotopic (exact) mass is 538 g/mol. The third-order valence-corrected chi connectivity index (χ3v) is 7.47. The van der Waals surface area contributed by atoms with Crippen molar-refractivity contribution in [3.05, 3.63) is 76.9 Å². The molecule has 1 aliphatic heterocycles. The van der Waals surface area contributed by atoms with Crippen molar-refractivity contribution in [2.75, 3.05) is 29.6 Å². The number of para-hydroxylation sites is 1. The predicted molar refractivity (Wildman–Crippen MR) is 149 cm³/mol. The Bertz CT molecular complexity index is 1530. The number of benzene rings is 3. The molecule has 0 radical (unpaired) electrons. The van der Waals surface area contributed by atoms with E-state index in [1.807, 2.05) is 44.1 Å². The first kappa shape index (κ1) is 25.9. The molecule has 0 saturated carbocycles. The van der Waals surface area contributed by atoms with Crippen LogP contribution in [0.2, 0.25) is 5.02 Å². The van der Waals surface area contributed by atoms with Crippen LogP contribution >= 0.6 is 11.6 Å². The number of nitrogens with one attached hydrogen (secondary N) is 3. The van der Waals surface area contributed by atoms with Gasteiger partial charge >= 0.3 is 6.09 Å². The highest BCUT2D eigenvalue weighted by Gasteiger charge is 2.44. The lowest BCUT2D eigenvalue weighted by Crippen LogP contribution is -2.52. The maximum absolute atomic E-state index is 15.5. The van der Waals surface area contributed by atoms with Gasteiger partial charge in [-0.05, 0) is 49.7 Å². The van der Waals surface area contributed by atoms with Gasteiger partial charge in [-0.15, -0.1) is 0 Å². The second-order valence-corrected chi connectivity index (χ2v) is 10.8. The second-order valence-electron chi connectivity index (χ2n) is 10.4. The molecule has 3 aromatic carbocycles. The summed E-state index contributed by atoms with van der Waals surface area (Å²) >= 11 is 6.25. The van der Waals surface area contributed by atoms with Gasteiger partial charge < -0.3 is 19.9 Å². The number of hydrogen-bond donors (Lipinski definition) is 3. The SMILES string of the molecule is C[C@H]1c2cc(-c3cccc4c(Cl)c[nH]c34)c(F)c(F)c2NC(C)(C)[C@@H]1OC(=O)Nc1ccc(N(C)C)cc1. The zero-order valence-electron chi connectivity index (χ0n) is 21.7. The highest BCUT2D eigenvalue weighted by Crippen LogP contribution is 2.46. The topological polar surface area (TPSA) is 69.4 Å². The molecule has 6 nitrogen and oxygen atoms in total. The molecule has 1 aromatic heterocycles. The van der Waals surface area contributed by atoms with Gasteiger partial charge in [0.05, 0.1) is 21.8 Å². The third kappa shape index (κ3) is 4.43. The first-order valence-corrected chi connectivity index (χ1v) is 12.7. The van der Waals surface area contributed by atoms with Gasteiger partial charge in [0.1, 0.15) is 6.10 Å². The Morgan fingerprint density at radius 1 is 1.08 bits per heavy atom. The van der Waals surface area contributed by atoms with E-state index in [-0.39, 0.29) is 11.3 Å². The van der Waals surface area contributed by atoms with Crippen molar-refractivity contribution in [2.24, 2.45) is 0 Å². The van der Waals surface area contributed by atoms with Gasteiger partial charge in [-0.1, -0.05) is 36.7 Å². The van der Waals surface area contributed by atoms with E-state index in [9.17, 15) is 4.79 Å². The minimum atomic E-state index is -0.976. The van der Waals surface area contributed by atoms with E-state index in [1.165, 1.54) is 0 Å². The molecule has 4 aromatic rings. The molecule has 2 atom stereocenters. The van der Waals surface area contributed by atoms with Crippen LogP contribution in [0, 0.1) is 11.6 Å². The highest BCUT2D eigenvalue weighted by atomic mass is 35.5. The number of amides is 1. The molecule has 1 amide bonds. The number of ether oxygens (including phenoxy) is 1. The average Bonchev–Trinajstić information content (AvgIpc) is 3.26. The van der Waals surface area contributed by atoms with Crippen LogP contribution in [-0.4, -0.2) is 36.8 Å². The molecule has 0 bridgehead atoms. The lowest BCUT2D eigenvalue weighted by atomic mass is 9.78. The number of rotatable bonds is 4. The molecule has 3 N–H and O–H groups in total. The molecule has 0 unspecified atom stereocenters. The zero-order chi connectivity index (χ0) is 27.4. The maximum Gasteiger partial charge on any atom is 0.411 e. The number of carbonyl (C=O) groups excluding carboxylic acids is 1. The molecule has 1 aliphatic rings. The lowest BCUT2D eigenvalue weighted by molar-refractivity contribution is 0.0567. The normalized spacial score (nSPS) is 18.0. The summed E-state index contributed by atoms with van der Waals surface area (Å²) < 4.78 is 36.9. The van der Waals surface area contributed by atoms with Gasteiger partial charge in [0.25, 0.3) is 0 Å². The minimum absolute atomic E-state index is 0.0694. The minimum Gasteiger partial charge on any atom is -0.443 e. The van der Waals surface area contributed by atoms with Gasteiger partial charge in [-0.25, -0.2) is 13.6 Å². The third-order valence-electron chi connectivity index (χ3n) is 7.16. The lowest BCUT2D eigenvalue weighted by Gasteiger charge is -2.44. The fourth-order valence-electron chi connectivity index (χ4n) is 5.21. The maximum atomic E-state index is 15.5. The second kappa shape index (κ2) is 9.51. The van der Waals surface area contributed by atoms with E-state index in [4.69, 9.17) is 16.3 Å². The van der Waals surface area contributed by atoms with Crippen LogP contribution in [0.25, 0.3) is 22.0 Å². The first-order chi connectivity index (χ1) is 18.0. The van der Waals surface area contributed by atoms with Crippen molar-refractivity contribution in [2.45, 2.75) is 38.3 Å². The Balaban J connectivity index is 1.48. The molecule has 5 rings (SSSR count). The summed E-state index contributed by atoms with van der Waals surface area (Å²) in [4.78, 5) is 17.9. The van der Waals surface area contributed by atoms with Crippen LogP contribution in [0.5, 0.6) is 0 Å². The van der Waals surface area contributed by atoms with Crippen LogP contribution < -0.4 is 15.5 Å². The van der Waals surface area contributed by atoms with Crippen LogP contribution in [0.1, 0.15) is 32.3 Å². The zero-order valence-corrected chi connectivity index (χ0v) is 22.5. The summed E-state index contributed by atoms with van der Waals surface area (Å²) in [5, 5.41) is 7.05. The number of halogens is 3. The van der Waals surface area contributed by atoms with Gasteiger partial charge in [0, 0.05) is 54.1 Å². The van der Waals surface area contributed by atoms with Crippen LogP contribution in [0.3, 0.4) is 0 Å². The van der Waals surface area contributed by atoms with Gasteiger partial charge in [0.15, 0.2) is 11.6 Å². The van der Waals surface area contributed by atoms with Crippen LogP contribution in [0.4, 0.5) is 30.6 Å². The van der Waals surface area contributed by atoms with Crippen LogP contribution in [0.15, 0.2) is 54.7 Å². The predicted octanol–water partition coefficient (Wildman–Crippen LogP) is 7.76. The van der Waals surface area contributed by atoms with Gasteiger partial charge in [-0.2, -0.15) is 0 Å². The number of H-pyrrole nitrogens is 1. The number of nitrogens with zero attached hydrogens (tertiary/aromatic N) is 1. The van der Waals surface area contributed by atoms with E-state index in [0.29, 0.717) is 32.7 Å². The number of aromatic amines is 1. The van der Waals surface area contributed by atoms with Crippen molar-refractivity contribution < 1.29 is 18.3 Å². The summed E-state index contributed by atoms with van der Waals surface area (Å²) in [6.45, 7) is 5.44. The fraction of sp³-hybridized carbons (Fsp3) is 0.276. The van der Waals surface area contributed by atoms with Crippen molar-refractivity contribution in [1.82, 2.24) is 4.98 Å². The van der Waals surface area contributed by atoms with Crippen molar-refractivity contribution >= 4 is 45.7 Å².